The van der Waals surface area contributed by atoms with E-state index in [0.717, 1.165) is 27.6 Å². The molecule has 4 aromatic rings. The second-order valence-electron chi connectivity index (χ2n) is 7.32. The molecule has 31 heavy (non-hydrogen) atoms. The van der Waals surface area contributed by atoms with Crippen molar-refractivity contribution in [1.29, 1.82) is 0 Å². The molecule has 1 heterocycles. The van der Waals surface area contributed by atoms with E-state index in [4.69, 9.17) is 12.2 Å². The zero-order valence-corrected chi connectivity index (χ0v) is 17.9. The first-order valence-corrected chi connectivity index (χ1v) is 10.2. The van der Waals surface area contributed by atoms with Gasteiger partial charge >= 0.3 is 0 Å². The van der Waals surface area contributed by atoms with E-state index < -0.39 is 5.82 Å². The molecule has 0 fully saturated rings. The molecule has 1 aromatic heterocycles. The number of thiocarbonyl (C=S) groups is 1. The highest BCUT2D eigenvalue weighted by molar-refractivity contribution is 7.80. The lowest BCUT2D eigenvalue weighted by molar-refractivity contribution is 0.429. The molecular weight excluding hydrogens is 411 g/mol. The molecule has 0 aliphatic heterocycles. The van der Waals surface area contributed by atoms with Gasteiger partial charge in [-0.2, -0.15) is 0 Å². The molecule has 0 saturated heterocycles. The van der Waals surface area contributed by atoms with Gasteiger partial charge in [-0.1, -0.05) is 54.1 Å². The summed E-state index contributed by atoms with van der Waals surface area (Å²) in [6, 6.07) is 20.0. The lowest BCUT2D eigenvalue weighted by atomic mass is 10.1. The summed E-state index contributed by atoms with van der Waals surface area (Å²) in [5.41, 5.74) is 4.77. The molecule has 0 aliphatic rings. The largest absolute Gasteiger partial charge is 0.493 e. The zero-order valence-electron chi connectivity index (χ0n) is 17.1. The van der Waals surface area contributed by atoms with Gasteiger partial charge in [-0.3, -0.25) is 0 Å². The van der Waals surface area contributed by atoms with E-state index >= 15 is 0 Å². The maximum absolute atomic E-state index is 13.8. The third-order valence-electron chi connectivity index (χ3n) is 5.11. The number of azo groups is 1. The maximum atomic E-state index is 13.8. The SMILES string of the molecule is Cc1ccc(C)c(Cn2c(O)c(N=NC(=S)Nc3ccccc3F)c3ccccc32)c1. The summed E-state index contributed by atoms with van der Waals surface area (Å²) >= 11 is 5.18. The van der Waals surface area contributed by atoms with Crippen molar-refractivity contribution in [2.45, 2.75) is 20.4 Å². The van der Waals surface area contributed by atoms with Crippen molar-refractivity contribution < 1.29 is 9.50 Å². The van der Waals surface area contributed by atoms with Crippen molar-refractivity contribution in [3.05, 3.63) is 89.2 Å². The van der Waals surface area contributed by atoms with Crippen molar-refractivity contribution in [2.24, 2.45) is 10.2 Å². The van der Waals surface area contributed by atoms with E-state index in [0.29, 0.717) is 12.2 Å². The predicted octanol–water partition coefficient (Wildman–Crippen LogP) is 6.63. The molecule has 5 nitrogen and oxygen atoms in total. The number of nitrogens with zero attached hydrogens (tertiary/aromatic N) is 3. The van der Waals surface area contributed by atoms with Gasteiger partial charge in [-0.25, -0.2) is 4.39 Å². The molecule has 156 valence electrons. The van der Waals surface area contributed by atoms with Gasteiger partial charge in [0.05, 0.1) is 17.7 Å². The molecule has 0 atom stereocenters. The highest BCUT2D eigenvalue weighted by Gasteiger charge is 2.17. The van der Waals surface area contributed by atoms with Crippen LogP contribution in [0, 0.1) is 19.7 Å². The summed E-state index contributed by atoms with van der Waals surface area (Å²) in [6.45, 7) is 4.58. The van der Waals surface area contributed by atoms with E-state index in [-0.39, 0.29) is 16.7 Å². The smallest absolute Gasteiger partial charge is 0.221 e. The van der Waals surface area contributed by atoms with Crippen molar-refractivity contribution >= 4 is 39.6 Å². The number of halogens is 1. The van der Waals surface area contributed by atoms with Crippen molar-refractivity contribution in [1.82, 2.24) is 4.57 Å². The Labute approximate surface area is 184 Å². The Morgan fingerprint density at radius 3 is 2.61 bits per heavy atom. The van der Waals surface area contributed by atoms with Crippen LogP contribution < -0.4 is 5.32 Å². The first-order chi connectivity index (χ1) is 14.9. The summed E-state index contributed by atoms with van der Waals surface area (Å²) < 4.78 is 15.6. The average Bonchev–Trinajstić information content (AvgIpc) is 3.02. The summed E-state index contributed by atoms with van der Waals surface area (Å²) in [4.78, 5) is 0. The average molecular weight is 433 g/mol. The van der Waals surface area contributed by atoms with E-state index in [1.54, 1.807) is 22.8 Å². The molecule has 0 unspecified atom stereocenters. The van der Waals surface area contributed by atoms with Crippen molar-refractivity contribution in [2.75, 3.05) is 5.32 Å². The van der Waals surface area contributed by atoms with Gasteiger partial charge in [0.15, 0.2) is 5.69 Å². The normalized spacial score (nSPS) is 11.3. The topological polar surface area (TPSA) is 61.9 Å². The number of nitrogens with one attached hydrogen (secondary N) is 1. The summed E-state index contributed by atoms with van der Waals surface area (Å²) in [5, 5.41) is 22.6. The van der Waals surface area contributed by atoms with Crippen LogP contribution in [0.25, 0.3) is 10.9 Å². The predicted molar refractivity (Wildman–Crippen MR) is 126 cm³/mol. The van der Waals surface area contributed by atoms with Gasteiger partial charge in [0, 0.05) is 5.39 Å². The number of aromatic nitrogens is 1. The summed E-state index contributed by atoms with van der Waals surface area (Å²) in [6.07, 6.45) is 0. The molecule has 0 bridgehead atoms. The molecular formula is C24H21FN4OS. The van der Waals surface area contributed by atoms with Crippen LogP contribution in [-0.4, -0.2) is 14.8 Å². The molecule has 0 spiro atoms. The van der Waals surface area contributed by atoms with Gasteiger partial charge in [0.1, 0.15) is 5.82 Å². The Morgan fingerprint density at radius 1 is 1.06 bits per heavy atom. The van der Waals surface area contributed by atoms with E-state index in [9.17, 15) is 9.50 Å². The second kappa shape index (κ2) is 8.65. The van der Waals surface area contributed by atoms with Crippen molar-refractivity contribution in [3.63, 3.8) is 0 Å². The Balaban J connectivity index is 1.68. The Kier molecular flexibility index (Phi) is 5.77. The number of aryl methyl sites for hydroxylation is 2. The number of anilines is 1. The fourth-order valence-electron chi connectivity index (χ4n) is 3.47. The van der Waals surface area contributed by atoms with Gasteiger partial charge in [0.2, 0.25) is 11.0 Å². The standard InChI is InChI=1S/C24H21FN4OS/c1-15-11-12-16(2)17(13-15)14-29-21-10-6-3-7-18(21)22(23(29)30)27-28-24(31)26-20-9-5-4-8-19(20)25/h3-13,30H,14H2,1-2H3,(H,26,31). The van der Waals surface area contributed by atoms with Crippen LogP contribution in [0.1, 0.15) is 16.7 Å². The van der Waals surface area contributed by atoms with Crippen LogP contribution in [0.3, 0.4) is 0 Å². The van der Waals surface area contributed by atoms with Crippen LogP contribution in [0.2, 0.25) is 0 Å². The van der Waals surface area contributed by atoms with E-state index in [1.807, 2.05) is 38.1 Å². The first kappa shape index (κ1) is 20.7. The fraction of sp³-hybridized carbons (Fsp3) is 0.125. The molecule has 7 heteroatoms. The van der Waals surface area contributed by atoms with Crippen LogP contribution in [-0.2, 0) is 6.54 Å². The van der Waals surface area contributed by atoms with Gasteiger partial charge in [-0.15, -0.1) is 10.2 Å². The quantitative estimate of drug-likeness (QED) is 0.281. The third kappa shape index (κ3) is 4.32. The molecule has 3 aromatic carbocycles. The zero-order chi connectivity index (χ0) is 22.0. The lowest BCUT2D eigenvalue weighted by Crippen LogP contribution is -2.06. The Morgan fingerprint density at radius 2 is 1.81 bits per heavy atom. The number of rotatable bonds is 4. The number of hydrogen-bond acceptors (Lipinski definition) is 3. The highest BCUT2D eigenvalue weighted by Crippen LogP contribution is 2.39. The van der Waals surface area contributed by atoms with Gasteiger partial charge in [-0.05, 0) is 55.4 Å². The molecule has 0 aliphatic carbocycles. The number of fused-ring (bicyclic) bond motifs is 1. The third-order valence-corrected chi connectivity index (χ3v) is 5.29. The number of aromatic hydroxyl groups is 1. The molecule has 2 N–H and O–H groups in total. The van der Waals surface area contributed by atoms with Crippen molar-refractivity contribution in [3.8, 4) is 5.88 Å². The molecule has 0 radical (unpaired) electrons. The summed E-state index contributed by atoms with van der Waals surface area (Å²) in [7, 11) is 0. The van der Waals surface area contributed by atoms with Crippen LogP contribution in [0.4, 0.5) is 15.8 Å². The van der Waals surface area contributed by atoms with Crippen LogP contribution >= 0.6 is 12.2 Å². The van der Waals surface area contributed by atoms with E-state index in [2.05, 4.69) is 33.7 Å². The molecule has 0 amide bonds. The number of hydrogen-bond donors (Lipinski definition) is 2. The maximum Gasteiger partial charge on any atom is 0.221 e. The lowest BCUT2D eigenvalue weighted by Gasteiger charge is -2.11. The first-order valence-electron chi connectivity index (χ1n) is 9.77. The van der Waals surface area contributed by atoms with Crippen LogP contribution in [0.15, 0.2) is 77.0 Å². The minimum absolute atomic E-state index is 0.000419. The fourth-order valence-corrected chi connectivity index (χ4v) is 3.62. The monoisotopic (exact) mass is 432 g/mol. The number of benzene rings is 3. The molecule has 0 saturated carbocycles. The minimum atomic E-state index is -0.437. The highest BCUT2D eigenvalue weighted by atomic mass is 32.1. The minimum Gasteiger partial charge on any atom is -0.493 e. The Bertz CT molecular complexity index is 1310. The van der Waals surface area contributed by atoms with Gasteiger partial charge < -0.3 is 15.0 Å². The van der Waals surface area contributed by atoms with E-state index in [1.165, 1.54) is 6.07 Å². The molecule has 4 rings (SSSR count). The van der Waals surface area contributed by atoms with Gasteiger partial charge in [0.25, 0.3) is 0 Å². The number of para-hydroxylation sites is 2. The summed E-state index contributed by atoms with van der Waals surface area (Å²) in [5.74, 6) is -0.437. The second-order valence-corrected chi connectivity index (χ2v) is 7.70. The Hall–Kier alpha value is -3.58. The van der Waals surface area contributed by atoms with Crippen LogP contribution in [0.5, 0.6) is 5.88 Å².